The van der Waals surface area contributed by atoms with E-state index >= 15 is 0 Å². The third kappa shape index (κ3) is 6.54. The molecule has 26 heavy (non-hydrogen) atoms. The van der Waals surface area contributed by atoms with Crippen molar-refractivity contribution in [2.24, 2.45) is 0 Å². The first-order valence-electron chi connectivity index (χ1n) is 7.18. The molecule has 0 heterocycles. The van der Waals surface area contributed by atoms with E-state index in [9.17, 15) is 36.3 Å². The summed E-state index contributed by atoms with van der Waals surface area (Å²) < 4.78 is 60.2. The lowest BCUT2D eigenvalue weighted by Gasteiger charge is -2.04. The van der Waals surface area contributed by atoms with Crippen LogP contribution in [-0.2, 0) is 4.79 Å². The summed E-state index contributed by atoms with van der Waals surface area (Å²) in [7, 11) is 0. The van der Waals surface area contributed by atoms with Gasteiger partial charge in [0.15, 0.2) is 18.2 Å². The van der Waals surface area contributed by atoms with Crippen LogP contribution < -0.4 is 0 Å². The maximum absolute atomic E-state index is 13.0. The molecule has 8 heteroatoms. The molecule has 0 spiro atoms. The van der Waals surface area contributed by atoms with Crippen molar-refractivity contribution in [1.29, 1.82) is 0 Å². The van der Waals surface area contributed by atoms with Gasteiger partial charge in [-0.2, -0.15) is 13.2 Å². The van der Waals surface area contributed by atoms with Crippen LogP contribution in [0, 0.1) is 5.82 Å². The van der Waals surface area contributed by atoms with Gasteiger partial charge in [-0.05, 0) is 12.1 Å². The fourth-order valence-corrected chi connectivity index (χ4v) is 1.73. The quantitative estimate of drug-likeness (QED) is 0.445. The first-order chi connectivity index (χ1) is 12.2. The van der Waals surface area contributed by atoms with Crippen LogP contribution in [0.3, 0.4) is 0 Å². The molecule has 2 rings (SSSR count). The number of hydrogen-bond acceptors (Lipinski definition) is 3. The maximum atomic E-state index is 13.0. The van der Waals surface area contributed by atoms with Gasteiger partial charge < -0.3 is 0 Å². The van der Waals surface area contributed by atoms with Crippen molar-refractivity contribution in [3.05, 3.63) is 71.5 Å². The van der Waals surface area contributed by atoms with Gasteiger partial charge in [-0.25, -0.2) is 8.78 Å². The van der Waals surface area contributed by atoms with Crippen LogP contribution in [0.25, 0.3) is 0 Å². The number of Topliss-reactive ketones (excluding diaryl/α,β-unsaturated/α-hetero) is 3. The predicted octanol–water partition coefficient (Wildman–Crippen LogP) is 4.37. The van der Waals surface area contributed by atoms with E-state index in [-0.39, 0.29) is 0 Å². The summed E-state index contributed by atoms with van der Waals surface area (Å²) in [5.74, 6) is -4.76. The summed E-state index contributed by atoms with van der Waals surface area (Å²) in [6.45, 7) is -0.913. The first-order valence-corrected chi connectivity index (χ1v) is 7.18. The van der Waals surface area contributed by atoms with Gasteiger partial charge in [0.2, 0.25) is 5.78 Å². The molecule has 0 aliphatic rings. The normalized spacial score (nSPS) is 10.5. The van der Waals surface area contributed by atoms with Gasteiger partial charge in [-0.1, -0.05) is 42.5 Å². The van der Waals surface area contributed by atoms with Crippen LogP contribution >= 0.6 is 0 Å². The highest BCUT2D eigenvalue weighted by molar-refractivity contribution is 6.09. The van der Waals surface area contributed by atoms with Crippen molar-refractivity contribution in [3.8, 4) is 0 Å². The van der Waals surface area contributed by atoms with Gasteiger partial charge in [0.1, 0.15) is 5.82 Å². The number of carbonyl (C=O) groups is 3. The van der Waals surface area contributed by atoms with Crippen molar-refractivity contribution in [2.75, 3.05) is 6.67 Å². The van der Waals surface area contributed by atoms with E-state index in [0.717, 1.165) is 12.1 Å². The Bertz CT molecular complexity index is 770. The second-order valence-electron chi connectivity index (χ2n) is 4.92. The molecule has 2 aromatic rings. The fourth-order valence-electron chi connectivity index (χ4n) is 1.73. The van der Waals surface area contributed by atoms with E-state index in [0.29, 0.717) is 5.56 Å². The lowest BCUT2D eigenvalue weighted by Crippen LogP contribution is -2.25. The molecular weight excluding hydrogens is 359 g/mol. The first kappa shape index (κ1) is 21.1. The van der Waals surface area contributed by atoms with Crippen molar-refractivity contribution in [3.63, 3.8) is 0 Å². The molecule has 0 aromatic heterocycles. The van der Waals surface area contributed by atoms with Crippen molar-refractivity contribution in [2.45, 2.75) is 12.6 Å². The minimum absolute atomic E-state index is 0.435. The number of hydrogen-bond donors (Lipinski definition) is 0. The standard InChI is InChI=1S/C10H6F4O2.C8H7FO/c11-7-4-2-1-3-6(7)8(15)5-9(16)10(12,13)14;9-6-8(10)7-4-2-1-3-5-7/h1-4H,5H2;1-5H,6H2. The van der Waals surface area contributed by atoms with Crippen molar-refractivity contribution >= 4 is 17.3 Å². The summed E-state index contributed by atoms with van der Waals surface area (Å²) in [5, 5.41) is 0. The van der Waals surface area contributed by atoms with E-state index < -0.39 is 48.0 Å². The summed E-state index contributed by atoms with van der Waals surface area (Å²) in [4.78, 5) is 32.3. The third-order valence-electron chi connectivity index (χ3n) is 3.03. The molecule has 0 saturated heterocycles. The third-order valence-corrected chi connectivity index (χ3v) is 3.03. The Morgan fingerprint density at radius 3 is 1.85 bits per heavy atom. The van der Waals surface area contributed by atoms with Gasteiger partial charge in [0.25, 0.3) is 0 Å². The monoisotopic (exact) mass is 372 g/mol. The molecule has 0 aliphatic carbocycles. The average Bonchev–Trinajstić information content (AvgIpc) is 2.61. The maximum Gasteiger partial charge on any atom is 0.450 e. The zero-order chi connectivity index (χ0) is 19.7. The van der Waals surface area contributed by atoms with Crippen molar-refractivity contribution in [1.82, 2.24) is 0 Å². The van der Waals surface area contributed by atoms with Gasteiger partial charge >= 0.3 is 6.18 Å². The Morgan fingerprint density at radius 1 is 0.808 bits per heavy atom. The number of carbonyl (C=O) groups excluding carboxylic acids is 3. The molecule has 3 nitrogen and oxygen atoms in total. The SMILES string of the molecule is O=C(CC(=O)C(F)(F)F)c1ccccc1F.O=C(CF)c1ccccc1. The molecule has 0 saturated carbocycles. The molecule has 0 fully saturated rings. The van der Waals surface area contributed by atoms with E-state index in [1.54, 1.807) is 30.3 Å². The molecule has 0 bridgehead atoms. The van der Waals surface area contributed by atoms with Gasteiger partial charge in [0.05, 0.1) is 12.0 Å². The molecule has 0 unspecified atom stereocenters. The van der Waals surface area contributed by atoms with E-state index in [1.165, 1.54) is 12.1 Å². The summed E-state index contributed by atoms with van der Waals surface area (Å²) in [6, 6.07) is 13.0. The van der Waals surface area contributed by atoms with Gasteiger partial charge in [-0.3, -0.25) is 14.4 Å². The predicted molar refractivity (Wildman–Crippen MR) is 83.2 cm³/mol. The number of ketones is 3. The number of benzene rings is 2. The second kappa shape index (κ2) is 9.55. The fraction of sp³-hybridized carbons (Fsp3) is 0.167. The van der Waals surface area contributed by atoms with Crippen molar-refractivity contribution < 1.29 is 36.3 Å². The Kier molecular flexibility index (Phi) is 7.77. The molecule has 0 atom stereocenters. The molecular formula is C18H13F5O3. The summed E-state index contributed by atoms with van der Waals surface area (Å²) in [6.07, 6.45) is -6.44. The Morgan fingerprint density at radius 2 is 1.35 bits per heavy atom. The summed E-state index contributed by atoms with van der Waals surface area (Å²) in [5.41, 5.74) is -0.0786. The van der Waals surface area contributed by atoms with Crippen LogP contribution in [0.2, 0.25) is 0 Å². The number of alkyl halides is 4. The van der Waals surface area contributed by atoms with Crippen LogP contribution in [-0.4, -0.2) is 30.2 Å². The van der Waals surface area contributed by atoms with E-state index in [1.807, 2.05) is 0 Å². The molecule has 0 N–H and O–H groups in total. The minimum atomic E-state index is -5.07. The second-order valence-corrected chi connectivity index (χ2v) is 4.92. The average molecular weight is 372 g/mol. The van der Waals surface area contributed by atoms with Gasteiger partial charge in [0, 0.05) is 5.56 Å². The largest absolute Gasteiger partial charge is 0.450 e. The Balaban J connectivity index is 0.000000289. The highest BCUT2D eigenvalue weighted by Crippen LogP contribution is 2.19. The molecule has 138 valence electrons. The van der Waals surface area contributed by atoms with Crippen LogP contribution in [0.4, 0.5) is 22.0 Å². The minimum Gasteiger partial charge on any atom is -0.294 e. The molecule has 2 aromatic carbocycles. The van der Waals surface area contributed by atoms with Gasteiger partial charge in [-0.15, -0.1) is 0 Å². The van der Waals surface area contributed by atoms with E-state index in [2.05, 4.69) is 0 Å². The van der Waals surface area contributed by atoms with Crippen LogP contribution in [0.15, 0.2) is 54.6 Å². The number of rotatable bonds is 5. The smallest absolute Gasteiger partial charge is 0.294 e. The highest BCUT2D eigenvalue weighted by atomic mass is 19.4. The lowest BCUT2D eigenvalue weighted by atomic mass is 10.1. The molecule has 0 radical (unpaired) electrons. The topological polar surface area (TPSA) is 51.2 Å². The Hall–Kier alpha value is -2.90. The number of halogens is 5. The Labute approximate surface area is 145 Å². The molecule has 0 aliphatic heterocycles. The van der Waals surface area contributed by atoms with Crippen LogP contribution in [0.5, 0.6) is 0 Å². The van der Waals surface area contributed by atoms with E-state index in [4.69, 9.17) is 0 Å². The summed E-state index contributed by atoms with van der Waals surface area (Å²) >= 11 is 0. The highest BCUT2D eigenvalue weighted by Gasteiger charge is 2.39. The zero-order valence-electron chi connectivity index (χ0n) is 13.2. The lowest BCUT2D eigenvalue weighted by molar-refractivity contribution is -0.170. The molecule has 0 amide bonds. The van der Waals surface area contributed by atoms with Crippen LogP contribution in [0.1, 0.15) is 27.1 Å². The zero-order valence-corrected chi connectivity index (χ0v) is 13.2.